The lowest BCUT2D eigenvalue weighted by Crippen LogP contribution is -2.32. The van der Waals surface area contributed by atoms with Crippen molar-refractivity contribution in [1.29, 1.82) is 0 Å². The first-order valence-corrected chi connectivity index (χ1v) is 13.5. The minimum Gasteiger partial charge on any atom is -0.0776 e. The van der Waals surface area contributed by atoms with Crippen molar-refractivity contribution in [3.8, 4) is 0 Å². The van der Waals surface area contributed by atoms with Crippen molar-refractivity contribution in [2.45, 2.75) is 166 Å². The molecule has 1 rings (SSSR count). The van der Waals surface area contributed by atoms with Crippen LogP contribution in [-0.4, -0.2) is 0 Å². The second kappa shape index (κ2) is 17.5. The number of unbranched alkanes of at least 4 members (excludes halogenated alkanes) is 9. The van der Waals surface area contributed by atoms with Crippen molar-refractivity contribution >= 4 is 0 Å². The van der Waals surface area contributed by atoms with E-state index in [2.05, 4.69) is 62.3 Å². The van der Waals surface area contributed by atoms with Crippen LogP contribution < -0.4 is 0 Å². The Morgan fingerprint density at radius 1 is 0.567 bits per heavy atom. The zero-order chi connectivity index (χ0) is 22.3. The average molecular weight is 425 g/mol. The molecule has 1 fully saturated rings. The fourth-order valence-electron chi connectivity index (χ4n) is 5.43. The lowest BCUT2D eigenvalue weighted by Gasteiger charge is -2.41. The second-order valence-corrected chi connectivity index (χ2v) is 12.6. The van der Waals surface area contributed by atoms with Crippen LogP contribution in [0.15, 0.2) is 0 Å². The van der Waals surface area contributed by atoms with Crippen molar-refractivity contribution in [2.75, 3.05) is 0 Å². The van der Waals surface area contributed by atoms with Crippen molar-refractivity contribution in [1.82, 2.24) is 0 Å². The van der Waals surface area contributed by atoms with Crippen LogP contribution >= 0.6 is 0 Å². The summed E-state index contributed by atoms with van der Waals surface area (Å²) in [6.45, 7) is 21.5. The highest BCUT2D eigenvalue weighted by molar-refractivity contribution is 4.83. The van der Waals surface area contributed by atoms with Gasteiger partial charge in [0.1, 0.15) is 0 Å². The third-order valence-electron chi connectivity index (χ3n) is 7.24. The first kappa shape index (κ1) is 32.2. The molecule has 0 heteroatoms. The Kier molecular flexibility index (Phi) is 18.8. The molecule has 0 aromatic heterocycles. The molecule has 0 aromatic rings. The Morgan fingerprint density at radius 2 is 0.867 bits per heavy atom. The zero-order valence-electron chi connectivity index (χ0n) is 22.3. The largest absolute Gasteiger partial charge is 0.0776 e. The number of rotatable bonds is 11. The van der Waals surface area contributed by atoms with Gasteiger partial charge in [0, 0.05) is 0 Å². The van der Waals surface area contributed by atoms with Gasteiger partial charge in [0.05, 0.1) is 0 Å². The minimum atomic E-state index is 0. The summed E-state index contributed by atoms with van der Waals surface area (Å²) < 4.78 is 0. The summed E-state index contributed by atoms with van der Waals surface area (Å²) in [6.07, 6.45) is 21.7. The summed E-state index contributed by atoms with van der Waals surface area (Å²) in [7, 11) is 0. The van der Waals surface area contributed by atoms with E-state index in [9.17, 15) is 0 Å². The van der Waals surface area contributed by atoms with E-state index in [1.165, 1.54) is 96.3 Å². The van der Waals surface area contributed by atoms with E-state index in [0.717, 1.165) is 17.8 Å². The molecule has 1 saturated carbocycles. The van der Waals surface area contributed by atoms with Crippen molar-refractivity contribution in [3.05, 3.63) is 0 Å². The van der Waals surface area contributed by atoms with Crippen LogP contribution in [0.5, 0.6) is 0 Å². The maximum absolute atomic E-state index is 2.42. The van der Waals surface area contributed by atoms with E-state index in [-0.39, 0.29) is 7.43 Å². The molecule has 184 valence electrons. The van der Waals surface area contributed by atoms with Gasteiger partial charge in [0.25, 0.3) is 0 Å². The molecule has 0 N–H and O–H groups in total. The Hall–Kier alpha value is 0. The molecule has 1 aliphatic carbocycles. The SMILES string of the molecule is C.CC1CCC(C)CC1.CCCCCCCCCCCCC(C(C)(C)C)C(C)(C)C. The molecule has 0 heterocycles. The smallest absolute Gasteiger partial charge is 0.0317 e. The Balaban J connectivity index is 0. The molecule has 0 bridgehead atoms. The van der Waals surface area contributed by atoms with Gasteiger partial charge < -0.3 is 0 Å². The van der Waals surface area contributed by atoms with Gasteiger partial charge in [-0.05, 0) is 35.0 Å². The quantitative estimate of drug-likeness (QED) is 0.289. The minimum absolute atomic E-state index is 0. The van der Waals surface area contributed by atoms with Gasteiger partial charge in [-0.1, -0.05) is 160 Å². The van der Waals surface area contributed by atoms with E-state index in [1.807, 2.05) is 0 Å². The third kappa shape index (κ3) is 17.7. The second-order valence-electron chi connectivity index (χ2n) is 12.6. The van der Waals surface area contributed by atoms with E-state index in [4.69, 9.17) is 0 Å². The van der Waals surface area contributed by atoms with Crippen LogP contribution in [0.25, 0.3) is 0 Å². The fourth-order valence-corrected chi connectivity index (χ4v) is 5.43. The molecule has 0 aromatic carbocycles. The topological polar surface area (TPSA) is 0 Å². The predicted octanol–water partition coefficient (Wildman–Crippen LogP) is 11.5. The van der Waals surface area contributed by atoms with E-state index in [1.54, 1.807) is 0 Å². The summed E-state index contributed by atoms with van der Waals surface area (Å²) in [5.41, 5.74) is 0.884. The molecule has 0 nitrogen and oxygen atoms in total. The Morgan fingerprint density at radius 3 is 1.17 bits per heavy atom. The highest BCUT2D eigenvalue weighted by Gasteiger charge is 2.33. The molecular formula is C30H64. The summed E-state index contributed by atoms with van der Waals surface area (Å²) >= 11 is 0. The van der Waals surface area contributed by atoms with Crippen LogP contribution in [0.2, 0.25) is 0 Å². The lowest BCUT2D eigenvalue weighted by molar-refractivity contribution is 0.0898. The van der Waals surface area contributed by atoms with Gasteiger partial charge in [-0.3, -0.25) is 0 Å². The highest BCUT2D eigenvalue weighted by Crippen LogP contribution is 2.43. The maximum atomic E-state index is 2.42. The normalized spacial score (nSPS) is 19.8. The summed E-state index contributed by atoms with van der Waals surface area (Å²) in [5, 5.41) is 0. The molecule has 0 amide bonds. The molecule has 0 unspecified atom stereocenters. The zero-order valence-corrected chi connectivity index (χ0v) is 22.3. The predicted molar refractivity (Wildman–Crippen MR) is 142 cm³/mol. The summed E-state index contributed by atoms with van der Waals surface area (Å²) in [4.78, 5) is 0. The summed E-state index contributed by atoms with van der Waals surface area (Å²) in [5.74, 6) is 2.87. The van der Waals surface area contributed by atoms with Crippen molar-refractivity contribution < 1.29 is 0 Å². The van der Waals surface area contributed by atoms with Gasteiger partial charge in [-0.2, -0.15) is 0 Å². The highest BCUT2D eigenvalue weighted by atomic mass is 14.4. The van der Waals surface area contributed by atoms with Gasteiger partial charge in [-0.15, -0.1) is 0 Å². The first-order chi connectivity index (χ1) is 13.5. The van der Waals surface area contributed by atoms with E-state index >= 15 is 0 Å². The average Bonchev–Trinajstić information content (AvgIpc) is 2.60. The van der Waals surface area contributed by atoms with Gasteiger partial charge in [0.15, 0.2) is 0 Å². The Bertz CT molecular complexity index is 321. The molecule has 0 spiro atoms. The van der Waals surface area contributed by atoms with Gasteiger partial charge in [0.2, 0.25) is 0 Å². The number of hydrogen-bond acceptors (Lipinski definition) is 0. The van der Waals surface area contributed by atoms with E-state index in [0.29, 0.717) is 10.8 Å². The summed E-state index contributed by atoms with van der Waals surface area (Å²) in [6, 6.07) is 0. The standard InChI is InChI=1S/C21H44.C8H16.CH4/c1-8-9-10-11-12-13-14-15-16-17-18-19(20(2,3)4)21(5,6)7;1-7-3-5-8(2)6-4-7;/h19H,8-18H2,1-7H3;7-8H,3-6H2,1-2H3;1H4. The molecular weight excluding hydrogens is 360 g/mol. The third-order valence-corrected chi connectivity index (χ3v) is 7.24. The molecule has 0 radical (unpaired) electrons. The number of hydrogen-bond donors (Lipinski definition) is 0. The van der Waals surface area contributed by atoms with Crippen LogP contribution in [0.4, 0.5) is 0 Å². The lowest BCUT2D eigenvalue weighted by atomic mass is 9.65. The van der Waals surface area contributed by atoms with Crippen LogP contribution in [0, 0.1) is 28.6 Å². The van der Waals surface area contributed by atoms with Crippen molar-refractivity contribution in [3.63, 3.8) is 0 Å². The molecule has 0 saturated heterocycles. The van der Waals surface area contributed by atoms with Gasteiger partial charge >= 0.3 is 0 Å². The van der Waals surface area contributed by atoms with E-state index < -0.39 is 0 Å². The molecule has 0 aliphatic heterocycles. The van der Waals surface area contributed by atoms with Gasteiger partial charge in [-0.25, -0.2) is 0 Å². The first-order valence-electron chi connectivity index (χ1n) is 13.5. The molecule has 0 atom stereocenters. The monoisotopic (exact) mass is 425 g/mol. The maximum Gasteiger partial charge on any atom is -0.0317 e. The molecule has 30 heavy (non-hydrogen) atoms. The van der Waals surface area contributed by atoms with Crippen LogP contribution in [0.3, 0.4) is 0 Å². The fraction of sp³-hybridized carbons (Fsp3) is 1.00. The van der Waals surface area contributed by atoms with Crippen molar-refractivity contribution in [2.24, 2.45) is 28.6 Å². The van der Waals surface area contributed by atoms with Crippen LogP contribution in [-0.2, 0) is 0 Å². The Labute approximate surface area is 194 Å². The van der Waals surface area contributed by atoms with Crippen LogP contribution in [0.1, 0.15) is 166 Å². The molecule has 1 aliphatic rings.